The average molecular weight is 437 g/mol. The number of fused-ring (bicyclic) bond motifs is 1. The molecule has 5 atom stereocenters. The highest BCUT2D eigenvalue weighted by Gasteiger charge is 2.53. The van der Waals surface area contributed by atoms with Gasteiger partial charge in [-0.05, 0) is 36.4 Å². The number of ether oxygens (including phenoxy) is 4. The fourth-order valence-electron chi connectivity index (χ4n) is 3.09. The second-order valence-electron chi connectivity index (χ2n) is 6.09. The summed E-state index contributed by atoms with van der Waals surface area (Å²) in [5.74, 6) is -0.836. The van der Waals surface area contributed by atoms with Crippen molar-refractivity contribution in [1.29, 1.82) is 0 Å². The van der Waals surface area contributed by atoms with E-state index >= 15 is 0 Å². The van der Waals surface area contributed by atoms with Gasteiger partial charge in [-0.15, -0.1) is 5.10 Å². The largest absolute Gasteiger partial charge is 0.510 e. The normalized spacial score (nSPS) is 36.4. The minimum absolute atomic E-state index is 0.0973. The first-order valence-electron chi connectivity index (χ1n) is 7.27. The molecule has 9 heteroatoms. The van der Waals surface area contributed by atoms with Crippen molar-refractivity contribution >= 4 is 22.6 Å². The number of hydrogen-bond donors (Lipinski definition) is 1. The maximum Gasteiger partial charge on any atom is 0.163 e. The van der Waals surface area contributed by atoms with Crippen LogP contribution in [-0.4, -0.2) is 64.0 Å². The quantitative estimate of drug-likeness (QED) is 0.566. The Hall–Kier alpha value is -0.750. The second-order valence-corrected chi connectivity index (χ2v) is 7.20. The molecule has 0 aliphatic carbocycles. The molecule has 1 aromatic heterocycles. The monoisotopic (exact) mass is 437 g/mol. The van der Waals surface area contributed by atoms with Crippen LogP contribution < -0.4 is 0 Å². The van der Waals surface area contributed by atoms with Crippen molar-refractivity contribution in [2.75, 3.05) is 13.7 Å². The highest BCUT2D eigenvalue weighted by atomic mass is 127. The number of aliphatic hydroxyl groups excluding tert-OH is 1. The second kappa shape index (κ2) is 6.28. The van der Waals surface area contributed by atoms with Crippen LogP contribution in [-0.2, 0) is 18.9 Å². The Morgan fingerprint density at radius 2 is 2.30 bits per heavy atom. The third-order valence-electron chi connectivity index (χ3n) is 4.06. The van der Waals surface area contributed by atoms with E-state index in [9.17, 15) is 5.11 Å². The van der Waals surface area contributed by atoms with Crippen LogP contribution in [0, 0.1) is 3.70 Å². The minimum atomic E-state index is -0.738. The molecule has 2 saturated heterocycles. The van der Waals surface area contributed by atoms with Gasteiger partial charge in [0.2, 0.25) is 0 Å². The summed E-state index contributed by atoms with van der Waals surface area (Å²) in [6, 6.07) is -0.327. The molecule has 23 heavy (non-hydrogen) atoms. The summed E-state index contributed by atoms with van der Waals surface area (Å²) < 4.78 is 25.7. The Kier molecular flexibility index (Phi) is 4.67. The summed E-state index contributed by atoms with van der Waals surface area (Å²) in [6.07, 6.45) is -0.114. The van der Waals surface area contributed by atoms with Crippen molar-refractivity contribution in [1.82, 2.24) is 15.0 Å². The van der Waals surface area contributed by atoms with Crippen LogP contribution in [0.3, 0.4) is 0 Å². The molecule has 0 amide bonds. The van der Waals surface area contributed by atoms with E-state index in [1.54, 1.807) is 11.8 Å². The van der Waals surface area contributed by atoms with E-state index in [0.717, 1.165) is 3.70 Å². The standard InChI is InChI=1S/C14H20IN3O5/c1-7(19)11-13(20-4)10(18-5-9(15)16-17-18)12-8(22-11)6-21-14(2,3)23-12/h5,8,10-13,19H,1,6H2,2-4H3/t8-,10+,11-,12+,13-/m1/s1. The van der Waals surface area contributed by atoms with Gasteiger partial charge in [0.1, 0.15) is 39.9 Å². The molecule has 3 heterocycles. The first-order valence-corrected chi connectivity index (χ1v) is 8.35. The average Bonchev–Trinajstić information content (AvgIpc) is 2.90. The number of halogens is 1. The van der Waals surface area contributed by atoms with Crippen LogP contribution in [0.1, 0.15) is 19.9 Å². The Bertz CT molecular complexity index is 593. The lowest BCUT2D eigenvalue weighted by Gasteiger charge is -2.50. The van der Waals surface area contributed by atoms with Gasteiger partial charge in [-0.3, -0.25) is 0 Å². The SMILES string of the molecule is C=C(O)[C@H]1O[C@@H]2COC(C)(C)O[C@@H]2[C@H](n2cc(I)nn2)[C@H]1OC. The third-order valence-corrected chi connectivity index (χ3v) is 4.56. The third kappa shape index (κ3) is 3.25. The smallest absolute Gasteiger partial charge is 0.163 e. The zero-order valence-corrected chi connectivity index (χ0v) is 15.3. The molecule has 0 unspecified atom stereocenters. The van der Waals surface area contributed by atoms with Crippen LogP contribution >= 0.6 is 22.6 Å². The highest BCUT2D eigenvalue weighted by Crippen LogP contribution is 2.40. The van der Waals surface area contributed by atoms with Gasteiger partial charge in [0.25, 0.3) is 0 Å². The van der Waals surface area contributed by atoms with Gasteiger partial charge < -0.3 is 24.1 Å². The number of rotatable bonds is 3. The van der Waals surface area contributed by atoms with E-state index in [-0.39, 0.29) is 24.0 Å². The molecule has 0 aromatic carbocycles. The molecular formula is C14H20IN3O5. The number of nitrogens with zero attached hydrogens (tertiary/aromatic N) is 3. The van der Waals surface area contributed by atoms with Crippen molar-refractivity contribution < 1.29 is 24.1 Å². The lowest BCUT2D eigenvalue weighted by molar-refractivity contribution is -0.348. The number of aromatic nitrogens is 3. The molecule has 1 N–H and O–H groups in total. The topological polar surface area (TPSA) is 87.9 Å². The van der Waals surface area contributed by atoms with Crippen molar-refractivity contribution in [3.63, 3.8) is 0 Å². The number of hydrogen-bond acceptors (Lipinski definition) is 7. The summed E-state index contributed by atoms with van der Waals surface area (Å²) in [7, 11) is 1.56. The van der Waals surface area contributed by atoms with Crippen molar-refractivity contribution in [2.45, 2.75) is 50.1 Å². The number of aliphatic hydroxyl groups is 1. The molecule has 1 aromatic rings. The Balaban J connectivity index is 2.01. The van der Waals surface area contributed by atoms with Gasteiger partial charge in [-0.25, -0.2) is 4.68 Å². The predicted molar refractivity (Wildman–Crippen MR) is 87.9 cm³/mol. The molecule has 0 bridgehead atoms. The molecule has 8 nitrogen and oxygen atoms in total. The van der Waals surface area contributed by atoms with Crippen LogP contribution in [0.4, 0.5) is 0 Å². The van der Waals surface area contributed by atoms with E-state index in [0.29, 0.717) is 6.61 Å². The van der Waals surface area contributed by atoms with Crippen molar-refractivity contribution in [3.8, 4) is 0 Å². The first-order chi connectivity index (χ1) is 10.8. The molecule has 0 saturated carbocycles. The van der Waals surface area contributed by atoms with Gasteiger partial charge >= 0.3 is 0 Å². The van der Waals surface area contributed by atoms with Gasteiger partial charge in [0.05, 0.1) is 12.8 Å². The number of methoxy groups -OCH3 is 1. The fraction of sp³-hybridized carbons (Fsp3) is 0.714. The molecule has 2 aliphatic heterocycles. The van der Waals surface area contributed by atoms with Gasteiger partial charge in [-0.2, -0.15) is 0 Å². The molecular weight excluding hydrogens is 417 g/mol. The van der Waals surface area contributed by atoms with Crippen molar-refractivity contribution in [3.05, 3.63) is 22.2 Å². The summed E-state index contributed by atoms with van der Waals surface area (Å²) in [6.45, 7) is 7.65. The maximum absolute atomic E-state index is 9.91. The van der Waals surface area contributed by atoms with Crippen LogP contribution in [0.25, 0.3) is 0 Å². The summed E-state index contributed by atoms with van der Waals surface area (Å²) in [5.41, 5.74) is 0. The van der Waals surface area contributed by atoms with Gasteiger partial charge in [0, 0.05) is 7.11 Å². The van der Waals surface area contributed by atoms with Crippen LogP contribution in [0.2, 0.25) is 0 Å². The zero-order valence-electron chi connectivity index (χ0n) is 13.2. The fourth-order valence-corrected chi connectivity index (χ4v) is 3.47. The lowest BCUT2D eigenvalue weighted by atomic mass is 9.90. The molecule has 2 fully saturated rings. The van der Waals surface area contributed by atoms with Gasteiger partial charge in [0.15, 0.2) is 5.79 Å². The molecule has 128 valence electrons. The van der Waals surface area contributed by atoms with E-state index in [1.807, 2.05) is 20.0 Å². The van der Waals surface area contributed by atoms with Gasteiger partial charge in [-0.1, -0.05) is 11.8 Å². The first kappa shape index (κ1) is 17.1. The highest BCUT2D eigenvalue weighted by molar-refractivity contribution is 14.1. The van der Waals surface area contributed by atoms with Crippen molar-refractivity contribution in [2.24, 2.45) is 0 Å². The van der Waals surface area contributed by atoms with E-state index in [1.165, 1.54) is 0 Å². The molecule has 2 aliphatic rings. The lowest BCUT2D eigenvalue weighted by Crippen LogP contribution is -2.62. The molecule has 0 spiro atoms. The van der Waals surface area contributed by atoms with E-state index in [2.05, 4.69) is 39.5 Å². The van der Waals surface area contributed by atoms with E-state index < -0.39 is 18.0 Å². The van der Waals surface area contributed by atoms with Crippen LogP contribution in [0.5, 0.6) is 0 Å². The predicted octanol–water partition coefficient (Wildman–Crippen LogP) is 1.43. The van der Waals surface area contributed by atoms with Crippen LogP contribution in [0.15, 0.2) is 18.5 Å². The maximum atomic E-state index is 9.91. The van der Waals surface area contributed by atoms with E-state index in [4.69, 9.17) is 18.9 Å². The minimum Gasteiger partial charge on any atom is -0.510 e. The Morgan fingerprint density at radius 1 is 1.57 bits per heavy atom. The Morgan fingerprint density at radius 3 is 2.87 bits per heavy atom. The summed E-state index contributed by atoms with van der Waals surface area (Å²) in [4.78, 5) is 0. The Labute approximate surface area is 147 Å². The summed E-state index contributed by atoms with van der Waals surface area (Å²) >= 11 is 2.09. The molecule has 0 radical (unpaired) electrons. The zero-order chi connectivity index (χ0) is 16.8. The summed E-state index contributed by atoms with van der Waals surface area (Å²) in [5, 5.41) is 18.1. The molecule has 3 rings (SSSR count).